The largest absolute Gasteiger partial charge is 0.118 e. The van der Waals surface area contributed by atoms with E-state index in [1.165, 1.54) is 49.8 Å². The molecule has 1 heteroatoms. The van der Waals surface area contributed by atoms with Gasteiger partial charge < -0.3 is 0 Å². The molecule has 1 saturated carbocycles. The van der Waals surface area contributed by atoms with Crippen molar-refractivity contribution in [1.82, 2.24) is 0 Å². The van der Waals surface area contributed by atoms with Crippen molar-refractivity contribution in [3.05, 3.63) is 66.3 Å². The van der Waals surface area contributed by atoms with E-state index in [0.29, 0.717) is 17.1 Å². The van der Waals surface area contributed by atoms with Crippen molar-refractivity contribution in [1.29, 1.82) is 0 Å². The van der Waals surface area contributed by atoms with Crippen molar-refractivity contribution < 1.29 is 0 Å². The van der Waals surface area contributed by atoms with Gasteiger partial charge in [-0.1, -0.05) is 74.8 Å². The number of hydrogen-bond donors (Lipinski definition) is 0. The van der Waals surface area contributed by atoms with Gasteiger partial charge in [-0.15, -0.1) is 11.8 Å². The summed E-state index contributed by atoms with van der Waals surface area (Å²) in [5.41, 5.74) is 1.60. The second-order valence-corrected chi connectivity index (χ2v) is 9.71. The molecule has 4 atom stereocenters. The van der Waals surface area contributed by atoms with Crippen molar-refractivity contribution >= 4 is 11.8 Å². The molecular formula is C25H32S. The third kappa shape index (κ3) is 4.36. The second-order valence-electron chi connectivity index (χ2n) is 8.46. The molecule has 1 aromatic rings. The summed E-state index contributed by atoms with van der Waals surface area (Å²) < 4.78 is 0. The van der Waals surface area contributed by atoms with Crippen LogP contribution in [0.2, 0.25) is 0 Å². The predicted octanol–water partition coefficient (Wildman–Crippen LogP) is 7.44. The van der Waals surface area contributed by atoms with E-state index in [0.717, 1.165) is 11.8 Å². The van der Waals surface area contributed by atoms with Crippen molar-refractivity contribution in [3.8, 4) is 0 Å². The number of hydrogen-bond acceptors (Lipinski definition) is 1. The minimum absolute atomic E-state index is 0.571. The van der Waals surface area contributed by atoms with Crippen LogP contribution in [0.1, 0.15) is 51.9 Å². The maximum Gasteiger partial charge on any atom is 0.0343 e. The third-order valence-electron chi connectivity index (χ3n) is 6.51. The summed E-state index contributed by atoms with van der Waals surface area (Å²) in [6, 6.07) is 11.0. The van der Waals surface area contributed by atoms with Crippen LogP contribution in [-0.4, -0.2) is 5.25 Å². The molecule has 0 bridgehead atoms. The van der Waals surface area contributed by atoms with Crippen LogP contribution in [0, 0.1) is 23.7 Å². The van der Waals surface area contributed by atoms with Crippen molar-refractivity contribution in [3.63, 3.8) is 0 Å². The minimum Gasteiger partial charge on any atom is -0.118 e. The lowest BCUT2D eigenvalue weighted by Crippen LogP contribution is -2.29. The van der Waals surface area contributed by atoms with Crippen LogP contribution in [-0.2, 0) is 0 Å². The first kappa shape index (κ1) is 18.2. The summed E-state index contributed by atoms with van der Waals surface area (Å²) >= 11 is 2.05. The Morgan fingerprint density at radius 3 is 2.46 bits per heavy atom. The van der Waals surface area contributed by atoms with Gasteiger partial charge in [-0.25, -0.2) is 0 Å². The fraction of sp³-hybridized carbons (Fsp3) is 0.520. The number of allylic oxidation sites excluding steroid dienone is 5. The van der Waals surface area contributed by atoms with E-state index in [1.54, 1.807) is 5.57 Å². The van der Waals surface area contributed by atoms with Gasteiger partial charge in [0.1, 0.15) is 0 Å². The fourth-order valence-corrected chi connectivity index (χ4v) is 6.16. The predicted molar refractivity (Wildman–Crippen MR) is 114 cm³/mol. The molecule has 4 rings (SSSR count). The molecule has 26 heavy (non-hydrogen) atoms. The van der Waals surface area contributed by atoms with Crippen molar-refractivity contribution in [2.45, 2.75) is 62.0 Å². The zero-order valence-electron chi connectivity index (χ0n) is 16.0. The molecule has 138 valence electrons. The maximum absolute atomic E-state index is 2.59. The number of rotatable bonds is 4. The Kier molecular flexibility index (Phi) is 6.05. The molecule has 3 aliphatic carbocycles. The lowest BCUT2D eigenvalue weighted by molar-refractivity contribution is 0.252. The van der Waals surface area contributed by atoms with Gasteiger partial charge >= 0.3 is 0 Å². The van der Waals surface area contributed by atoms with Gasteiger partial charge in [0.15, 0.2) is 0 Å². The molecular weight excluding hydrogens is 332 g/mol. The molecule has 0 heterocycles. The van der Waals surface area contributed by atoms with Crippen molar-refractivity contribution in [2.75, 3.05) is 0 Å². The van der Waals surface area contributed by atoms with E-state index < -0.39 is 0 Å². The lowest BCUT2D eigenvalue weighted by atomic mass is 9.71. The maximum atomic E-state index is 2.59. The molecule has 0 radical (unpaired) electrons. The van der Waals surface area contributed by atoms with Crippen molar-refractivity contribution in [2.24, 2.45) is 23.7 Å². The highest BCUT2D eigenvalue weighted by molar-refractivity contribution is 8.00. The molecule has 0 amide bonds. The summed E-state index contributed by atoms with van der Waals surface area (Å²) in [5, 5.41) is 0.571. The Bertz CT molecular complexity index is 663. The normalized spacial score (nSPS) is 32.4. The summed E-state index contributed by atoms with van der Waals surface area (Å²) in [6.07, 6.45) is 22.3. The summed E-state index contributed by atoms with van der Waals surface area (Å²) in [6.45, 7) is 2.32. The number of benzene rings is 1. The van der Waals surface area contributed by atoms with Gasteiger partial charge in [0.2, 0.25) is 0 Å². The third-order valence-corrected chi connectivity index (χ3v) is 7.81. The van der Waals surface area contributed by atoms with Gasteiger partial charge in [-0.05, 0) is 67.1 Å². The Morgan fingerprint density at radius 1 is 0.923 bits per heavy atom. The molecule has 0 saturated heterocycles. The standard InChI is InChI=1S/C25H32S/c1-19-12-14-21(15-13-19)24-18-22(20-8-4-2-5-9-20)16-17-25(24)26-23-10-6-3-7-11-23/h3,6-7,10-12,14-17,19-20,22,24-25H,2,4-5,8-9,13,18H2,1H3. The average Bonchev–Trinajstić information content (AvgIpc) is 2.70. The zero-order chi connectivity index (χ0) is 17.8. The Balaban J connectivity index is 1.55. The monoisotopic (exact) mass is 364 g/mol. The average molecular weight is 365 g/mol. The van der Waals surface area contributed by atoms with E-state index in [9.17, 15) is 0 Å². The Hall–Kier alpha value is -1.21. The highest BCUT2D eigenvalue weighted by Crippen LogP contribution is 2.45. The smallest absolute Gasteiger partial charge is 0.0343 e. The highest BCUT2D eigenvalue weighted by Gasteiger charge is 2.33. The van der Waals surface area contributed by atoms with Crippen LogP contribution in [0.3, 0.4) is 0 Å². The molecule has 4 unspecified atom stereocenters. The summed E-state index contributed by atoms with van der Waals surface area (Å²) in [5.74, 6) is 3.09. The van der Waals surface area contributed by atoms with Gasteiger partial charge in [0, 0.05) is 10.1 Å². The van der Waals surface area contributed by atoms with Gasteiger partial charge in [-0.3, -0.25) is 0 Å². The molecule has 1 fully saturated rings. The summed E-state index contributed by atoms with van der Waals surface area (Å²) in [4.78, 5) is 1.40. The van der Waals surface area contributed by atoms with E-state index in [-0.39, 0.29) is 0 Å². The number of thioether (sulfide) groups is 1. The lowest BCUT2D eigenvalue weighted by Gasteiger charge is -2.38. The van der Waals surface area contributed by atoms with Gasteiger partial charge in [0.05, 0.1) is 0 Å². The molecule has 0 aliphatic heterocycles. The fourth-order valence-electron chi connectivity index (χ4n) is 4.93. The SMILES string of the molecule is CC1C=CC(C2CC(C3CCCCC3)C=CC2Sc2ccccc2)=CC1. The van der Waals surface area contributed by atoms with Crippen LogP contribution >= 0.6 is 11.8 Å². The molecule has 0 spiro atoms. The second kappa shape index (κ2) is 8.65. The molecule has 3 aliphatic rings. The zero-order valence-corrected chi connectivity index (χ0v) is 16.8. The van der Waals surface area contributed by atoms with Crippen LogP contribution < -0.4 is 0 Å². The van der Waals surface area contributed by atoms with E-state index in [1.807, 2.05) is 0 Å². The van der Waals surface area contributed by atoms with Crippen LogP contribution in [0.4, 0.5) is 0 Å². The molecule has 0 N–H and O–H groups in total. The highest BCUT2D eigenvalue weighted by atomic mass is 32.2. The topological polar surface area (TPSA) is 0 Å². The van der Waals surface area contributed by atoms with E-state index >= 15 is 0 Å². The quantitative estimate of drug-likeness (QED) is 0.500. The Morgan fingerprint density at radius 2 is 1.73 bits per heavy atom. The van der Waals surface area contributed by atoms with Gasteiger partial charge in [0.25, 0.3) is 0 Å². The summed E-state index contributed by atoms with van der Waals surface area (Å²) in [7, 11) is 0. The first-order valence-electron chi connectivity index (χ1n) is 10.6. The Labute approximate surface area is 163 Å². The first-order valence-corrected chi connectivity index (χ1v) is 11.5. The first-order chi connectivity index (χ1) is 12.8. The van der Waals surface area contributed by atoms with E-state index in [2.05, 4.69) is 79.4 Å². The van der Waals surface area contributed by atoms with Gasteiger partial charge in [-0.2, -0.15) is 0 Å². The molecule has 0 nitrogen and oxygen atoms in total. The minimum atomic E-state index is 0.571. The van der Waals surface area contributed by atoms with Crippen LogP contribution in [0.25, 0.3) is 0 Å². The van der Waals surface area contributed by atoms with E-state index in [4.69, 9.17) is 0 Å². The molecule has 1 aromatic carbocycles. The molecule has 0 aromatic heterocycles. The van der Waals surface area contributed by atoms with Crippen LogP contribution in [0.15, 0.2) is 71.2 Å². The van der Waals surface area contributed by atoms with Crippen LogP contribution in [0.5, 0.6) is 0 Å².